The molecule has 0 saturated heterocycles. The van der Waals surface area contributed by atoms with E-state index in [4.69, 9.17) is 14.5 Å². The summed E-state index contributed by atoms with van der Waals surface area (Å²) in [6, 6.07) is 37.4. The molecule has 0 N–H and O–H groups in total. The number of esters is 1. The van der Waals surface area contributed by atoms with E-state index in [1.807, 2.05) is 110 Å². The van der Waals surface area contributed by atoms with Crippen LogP contribution < -0.4 is 4.74 Å². The van der Waals surface area contributed by atoms with Gasteiger partial charge in [-0.25, -0.2) is 0 Å². The highest BCUT2D eigenvalue weighted by molar-refractivity contribution is 6.09. The lowest BCUT2D eigenvalue weighted by molar-refractivity contribution is -0.148. The highest BCUT2D eigenvalue weighted by Crippen LogP contribution is 2.48. The summed E-state index contributed by atoms with van der Waals surface area (Å²) < 4.78 is 12.2. The lowest BCUT2D eigenvalue weighted by atomic mass is 9.69. The summed E-state index contributed by atoms with van der Waals surface area (Å²) in [5, 5.41) is 0. The zero-order valence-corrected chi connectivity index (χ0v) is 23.6. The van der Waals surface area contributed by atoms with E-state index in [1.54, 1.807) is 0 Å². The van der Waals surface area contributed by atoms with E-state index in [1.165, 1.54) is 0 Å². The van der Waals surface area contributed by atoms with Crippen LogP contribution in [0.1, 0.15) is 53.9 Å². The van der Waals surface area contributed by atoms with E-state index in [9.17, 15) is 9.59 Å². The first-order chi connectivity index (χ1) is 20.6. The van der Waals surface area contributed by atoms with Crippen LogP contribution in [0.15, 0.2) is 132 Å². The van der Waals surface area contributed by atoms with Gasteiger partial charge in [0.1, 0.15) is 24.9 Å². The maximum atomic E-state index is 14.0. The summed E-state index contributed by atoms with van der Waals surface area (Å²) in [5.74, 6) is -0.992. The van der Waals surface area contributed by atoms with Gasteiger partial charge in [0.2, 0.25) is 0 Å². The molecule has 0 aromatic heterocycles. The molecule has 1 aliphatic carbocycles. The molecule has 0 spiro atoms. The van der Waals surface area contributed by atoms with Crippen molar-refractivity contribution in [3.63, 3.8) is 0 Å². The number of carbonyl (C=O) groups is 2. The predicted octanol–water partition coefficient (Wildman–Crippen LogP) is 7.58. The van der Waals surface area contributed by atoms with Gasteiger partial charge in [-0.05, 0) is 42.0 Å². The van der Waals surface area contributed by atoms with Crippen molar-refractivity contribution in [1.82, 2.24) is 0 Å². The van der Waals surface area contributed by atoms with Crippen molar-refractivity contribution >= 4 is 17.5 Å². The van der Waals surface area contributed by atoms with Crippen molar-refractivity contribution in [1.29, 1.82) is 0 Å². The normalized spacial score (nSPS) is 20.0. The Kier molecular flexibility index (Phi) is 8.09. The van der Waals surface area contributed by atoms with Gasteiger partial charge in [-0.15, -0.1) is 0 Å². The minimum absolute atomic E-state index is 0.0186. The number of hydrogen-bond acceptors (Lipinski definition) is 5. The minimum Gasteiger partial charge on any atom is -0.489 e. The Morgan fingerprint density at radius 3 is 2.05 bits per heavy atom. The molecule has 4 aromatic carbocycles. The number of allylic oxidation sites excluding steroid dienone is 2. The van der Waals surface area contributed by atoms with Gasteiger partial charge < -0.3 is 9.47 Å². The first-order valence-corrected chi connectivity index (χ1v) is 14.4. The quantitative estimate of drug-likeness (QED) is 0.210. The summed E-state index contributed by atoms with van der Waals surface area (Å²) >= 11 is 0. The van der Waals surface area contributed by atoms with Crippen LogP contribution in [0.2, 0.25) is 0 Å². The van der Waals surface area contributed by atoms with Gasteiger partial charge >= 0.3 is 5.97 Å². The Labute approximate surface area is 246 Å². The van der Waals surface area contributed by atoms with Gasteiger partial charge in [0.05, 0.1) is 0 Å². The number of para-hydroxylation sites is 1. The summed E-state index contributed by atoms with van der Waals surface area (Å²) in [7, 11) is 0. The second-order valence-corrected chi connectivity index (χ2v) is 10.9. The van der Waals surface area contributed by atoms with Crippen LogP contribution in [0.5, 0.6) is 5.75 Å². The van der Waals surface area contributed by atoms with E-state index in [0.717, 1.165) is 28.0 Å². The van der Waals surface area contributed by atoms with Crippen LogP contribution in [0.25, 0.3) is 0 Å². The molecule has 1 unspecified atom stereocenters. The third-order valence-corrected chi connectivity index (χ3v) is 8.13. The molecule has 210 valence electrons. The van der Waals surface area contributed by atoms with Crippen molar-refractivity contribution in [2.45, 2.75) is 44.8 Å². The van der Waals surface area contributed by atoms with Gasteiger partial charge in [-0.2, -0.15) is 0 Å². The molecule has 0 amide bonds. The Morgan fingerprint density at radius 2 is 1.36 bits per heavy atom. The lowest BCUT2D eigenvalue weighted by Crippen LogP contribution is -2.38. The van der Waals surface area contributed by atoms with Crippen LogP contribution in [0.4, 0.5) is 0 Å². The molecule has 5 nitrogen and oxygen atoms in total. The Balaban J connectivity index is 1.38. The number of aliphatic imine (C=N–C) groups is 1. The second-order valence-electron chi connectivity index (χ2n) is 10.9. The molecule has 1 aliphatic heterocycles. The third-order valence-electron chi connectivity index (χ3n) is 8.13. The topological polar surface area (TPSA) is 65.0 Å². The second kappa shape index (κ2) is 12.4. The number of Topliss-reactive ketones (excluding diaryl/α,β-unsaturated/α-hetero) is 1. The molecule has 6 rings (SSSR count). The number of benzene rings is 4. The Hall–Kier alpha value is -4.77. The van der Waals surface area contributed by atoms with Crippen LogP contribution in [0.3, 0.4) is 0 Å². The molecule has 0 bridgehead atoms. The maximum Gasteiger partial charge on any atom is 0.315 e. The first-order valence-electron chi connectivity index (χ1n) is 14.4. The summed E-state index contributed by atoms with van der Waals surface area (Å²) in [4.78, 5) is 32.8. The average Bonchev–Trinajstić information content (AvgIpc) is 3.03. The fourth-order valence-corrected chi connectivity index (χ4v) is 6.08. The van der Waals surface area contributed by atoms with Gasteiger partial charge in [0.25, 0.3) is 0 Å². The molecule has 42 heavy (non-hydrogen) atoms. The van der Waals surface area contributed by atoms with E-state index < -0.39 is 17.8 Å². The Morgan fingerprint density at radius 1 is 0.762 bits per heavy atom. The van der Waals surface area contributed by atoms with Crippen molar-refractivity contribution in [3.8, 4) is 5.75 Å². The first kappa shape index (κ1) is 27.4. The minimum atomic E-state index is -0.744. The Bertz CT molecular complexity index is 1630. The zero-order chi connectivity index (χ0) is 28.9. The van der Waals surface area contributed by atoms with Crippen LogP contribution >= 0.6 is 0 Å². The van der Waals surface area contributed by atoms with Crippen LogP contribution in [-0.4, -0.2) is 17.5 Å². The SMILES string of the molecule is CC1=NC2=C(C(=O)C[C@@H](c3ccccc3)C2)[C@@H](c2ccccc2OCc2ccccc2)C1C(=O)OCc1ccccc1. The van der Waals surface area contributed by atoms with Crippen LogP contribution in [-0.2, 0) is 27.5 Å². The van der Waals surface area contributed by atoms with Crippen molar-refractivity contribution in [2.24, 2.45) is 10.9 Å². The van der Waals surface area contributed by atoms with E-state index in [-0.39, 0.29) is 18.3 Å². The molecule has 5 heteroatoms. The van der Waals surface area contributed by atoms with Gasteiger partial charge in [0, 0.05) is 34.9 Å². The predicted molar refractivity (Wildman–Crippen MR) is 163 cm³/mol. The fraction of sp³-hybridized carbons (Fsp3) is 0.216. The average molecular weight is 556 g/mol. The number of hydrogen-bond donors (Lipinski definition) is 0. The molecule has 3 atom stereocenters. The molecule has 0 saturated carbocycles. The van der Waals surface area contributed by atoms with Crippen LogP contribution in [0, 0.1) is 5.92 Å². The summed E-state index contributed by atoms with van der Waals surface area (Å²) in [6.07, 6.45) is 1.00. The number of ketones is 1. The third kappa shape index (κ3) is 5.82. The van der Waals surface area contributed by atoms with Gasteiger partial charge in [0.15, 0.2) is 5.78 Å². The highest BCUT2D eigenvalue weighted by atomic mass is 16.5. The summed E-state index contributed by atoms with van der Waals surface area (Å²) in [6.45, 7) is 2.39. The number of nitrogens with zero attached hydrogens (tertiary/aromatic N) is 1. The molecule has 0 fully saturated rings. The molecule has 0 radical (unpaired) electrons. The van der Waals surface area contributed by atoms with E-state index >= 15 is 0 Å². The monoisotopic (exact) mass is 555 g/mol. The van der Waals surface area contributed by atoms with E-state index in [0.29, 0.717) is 36.5 Å². The van der Waals surface area contributed by atoms with Crippen molar-refractivity contribution in [2.75, 3.05) is 0 Å². The number of carbonyl (C=O) groups excluding carboxylic acids is 2. The molecule has 4 aromatic rings. The number of rotatable bonds is 8. The van der Waals surface area contributed by atoms with E-state index in [2.05, 4.69) is 12.1 Å². The van der Waals surface area contributed by atoms with Gasteiger partial charge in [-0.1, -0.05) is 109 Å². The molecule has 1 heterocycles. The fourth-order valence-electron chi connectivity index (χ4n) is 6.08. The lowest BCUT2D eigenvalue weighted by Gasteiger charge is -2.37. The van der Waals surface area contributed by atoms with Gasteiger partial charge in [-0.3, -0.25) is 14.6 Å². The standard InChI is InChI=1S/C37H33NO4/c1-25-34(37(40)42-24-27-15-7-3-8-16-27)35(30-19-11-12-20-33(30)41-23-26-13-5-2-6-14-26)36-31(38-25)21-29(22-32(36)39)28-17-9-4-10-18-28/h2-20,29,34-35H,21-24H2,1H3/t29-,34?,35-/m0/s1. The maximum absolute atomic E-state index is 14.0. The zero-order valence-electron chi connectivity index (χ0n) is 23.6. The van der Waals surface area contributed by atoms with Crippen molar-refractivity contribution < 1.29 is 19.1 Å². The molecule has 2 aliphatic rings. The smallest absolute Gasteiger partial charge is 0.315 e. The molecular formula is C37H33NO4. The van der Waals surface area contributed by atoms with Crippen molar-refractivity contribution in [3.05, 3.63) is 149 Å². The highest BCUT2D eigenvalue weighted by Gasteiger charge is 2.45. The largest absolute Gasteiger partial charge is 0.489 e. The molecular weight excluding hydrogens is 522 g/mol. The summed E-state index contributed by atoms with van der Waals surface area (Å²) in [5.41, 5.74) is 5.86. The number of ether oxygens (including phenoxy) is 2.